The van der Waals surface area contributed by atoms with E-state index < -0.39 is 0 Å². The molecule has 0 aliphatic carbocycles. The summed E-state index contributed by atoms with van der Waals surface area (Å²) in [4.78, 5) is 19.2. The molecule has 0 saturated heterocycles. The fourth-order valence-corrected chi connectivity index (χ4v) is 4.94. The maximum atomic E-state index is 12.3. The van der Waals surface area contributed by atoms with E-state index in [1.165, 1.54) is 5.56 Å². The molecule has 6 heteroatoms. The zero-order valence-electron chi connectivity index (χ0n) is 25.9. The second-order valence-corrected chi connectivity index (χ2v) is 13.6. The smallest absolute Gasteiger partial charge is 0.147 e. The van der Waals surface area contributed by atoms with Gasteiger partial charge >= 0.3 is 0 Å². The van der Waals surface area contributed by atoms with Gasteiger partial charge in [0.25, 0.3) is 0 Å². The number of halogens is 1. The molecule has 1 heterocycles. The average Bonchev–Trinajstić information content (AvgIpc) is 2.82. The van der Waals surface area contributed by atoms with E-state index in [2.05, 4.69) is 101 Å². The third kappa shape index (κ3) is 12.6. The topological polar surface area (TPSA) is 57.3 Å². The van der Waals surface area contributed by atoms with Crippen molar-refractivity contribution in [1.82, 2.24) is 10.3 Å². The van der Waals surface area contributed by atoms with Crippen LogP contribution in [0.15, 0.2) is 55.4 Å². The Morgan fingerprint density at radius 1 is 1.00 bits per heavy atom. The Morgan fingerprint density at radius 2 is 1.65 bits per heavy atom. The molecule has 0 spiro atoms. The average molecular weight is 567 g/mol. The lowest BCUT2D eigenvalue weighted by Gasteiger charge is -2.25. The van der Waals surface area contributed by atoms with Gasteiger partial charge in [0.15, 0.2) is 0 Å². The van der Waals surface area contributed by atoms with Crippen LogP contribution in [0, 0.1) is 10.8 Å². The van der Waals surface area contributed by atoms with Crippen molar-refractivity contribution in [3.63, 3.8) is 0 Å². The first-order valence-corrected chi connectivity index (χ1v) is 14.9. The van der Waals surface area contributed by atoms with Crippen LogP contribution in [0.4, 0.5) is 11.5 Å². The number of hydrogen-bond donors (Lipinski definition) is 2. The molecule has 0 amide bonds. The number of anilines is 2. The van der Waals surface area contributed by atoms with Gasteiger partial charge in [-0.3, -0.25) is 4.79 Å². The summed E-state index contributed by atoms with van der Waals surface area (Å²) in [5.41, 5.74) is 5.16. The van der Waals surface area contributed by atoms with Gasteiger partial charge in [-0.1, -0.05) is 85.4 Å². The number of Topliss-reactive ketones (excluding diaryl/α,β-unsaturated/α-hetero) is 1. The van der Waals surface area contributed by atoms with Crippen molar-refractivity contribution in [2.45, 2.75) is 87.0 Å². The summed E-state index contributed by atoms with van der Waals surface area (Å²) in [5.74, 6) is 1.07. The van der Waals surface area contributed by atoms with E-state index >= 15 is 0 Å². The largest absolute Gasteiger partial charge is 0.388 e. The summed E-state index contributed by atoms with van der Waals surface area (Å²) in [6, 6.07) is 10.3. The summed E-state index contributed by atoms with van der Waals surface area (Å²) >= 11 is 6.71. The normalized spacial score (nSPS) is 11.7. The Balaban J connectivity index is 1.92. The lowest BCUT2D eigenvalue weighted by molar-refractivity contribution is -0.120. The van der Waals surface area contributed by atoms with E-state index in [0.29, 0.717) is 23.6 Å². The molecule has 0 fully saturated rings. The predicted octanol–water partition coefficient (Wildman–Crippen LogP) is 8.90. The van der Waals surface area contributed by atoms with Crippen molar-refractivity contribution < 1.29 is 4.79 Å². The third-order valence-electron chi connectivity index (χ3n) is 6.36. The standard InChI is InChI=1S/C34H51ClN4O/c1-10-19-39(20-11-12-30(40)23-34(7,8)9)32-31(35)21-28(24-37-32)26(3)38-29-15-13-27(14-16-29)17-18-36-25(2)22-33(4,5)6/h13-16,21,24,36,38H,2-3,10-12,17-20,22-23H2,1,4-9H3. The molecular formula is C34H51ClN4O. The maximum Gasteiger partial charge on any atom is 0.147 e. The number of nitrogens with one attached hydrogen (secondary N) is 2. The van der Waals surface area contributed by atoms with Crippen molar-refractivity contribution >= 4 is 34.6 Å². The number of carbonyl (C=O) groups excluding carboxylic acids is 1. The molecule has 0 saturated carbocycles. The van der Waals surface area contributed by atoms with Crippen molar-refractivity contribution in [3.05, 3.63) is 71.5 Å². The molecule has 40 heavy (non-hydrogen) atoms. The molecule has 2 aromatic rings. The Kier molecular flexibility index (Phi) is 12.8. The van der Waals surface area contributed by atoms with Crippen LogP contribution in [0.3, 0.4) is 0 Å². The second kappa shape index (κ2) is 15.3. The van der Waals surface area contributed by atoms with E-state index in [0.717, 1.165) is 73.8 Å². The second-order valence-electron chi connectivity index (χ2n) is 13.2. The molecule has 0 atom stereocenters. The minimum absolute atomic E-state index is 0.0263. The molecule has 1 aromatic heterocycles. The van der Waals surface area contributed by atoms with Crippen LogP contribution in [-0.2, 0) is 11.2 Å². The molecule has 2 rings (SSSR count). The number of pyridine rings is 1. The van der Waals surface area contributed by atoms with Gasteiger partial charge < -0.3 is 15.5 Å². The van der Waals surface area contributed by atoms with Crippen LogP contribution >= 0.6 is 11.6 Å². The van der Waals surface area contributed by atoms with Gasteiger partial charge in [0, 0.05) is 61.3 Å². The first kappa shape index (κ1) is 33.4. The number of allylic oxidation sites excluding steroid dienone is 1. The third-order valence-corrected chi connectivity index (χ3v) is 6.63. The quantitative estimate of drug-likeness (QED) is 0.212. The Labute approximate surface area is 248 Å². The lowest BCUT2D eigenvalue weighted by atomic mass is 9.89. The van der Waals surface area contributed by atoms with E-state index in [9.17, 15) is 4.79 Å². The zero-order chi connectivity index (χ0) is 29.9. The summed E-state index contributed by atoms with van der Waals surface area (Å²) < 4.78 is 0. The molecule has 2 N–H and O–H groups in total. The Hall–Kier alpha value is -2.79. The lowest BCUT2D eigenvalue weighted by Crippen LogP contribution is -2.27. The molecule has 0 unspecified atom stereocenters. The first-order chi connectivity index (χ1) is 18.7. The van der Waals surface area contributed by atoms with Crippen molar-refractivity contribution in [2.24, 2.45) is 10.8 Å². The minimum Gasteiger partial charge on any atom is -0.388 e. The number of carbonyl (C=O) groups is 1. The number of rotatable bonds is 16. The molecule has 220 valence electrons. The summed E-state index contributed by atoms with van der Waals surface area (Å²) in [6.07, 6.45) is 6.67. The molecule has 0 radical (unpaired) electrons. The van der Waals surface area contributed by atoms with Gasteiger partial charge in [0.2, 0.25) is 0 Å². The van der Waals surface area contributed by atoms with Crippen LogP contribution in [0.25, 0.3) is 5.70 Å². The summed E-state index contributed by atoms with van der Waals surface area (Å²) in [6.45, 7) is 25.9. The highest BCUT2D eigenvalue weighted by molar-refractivity contribution is 6.33. The maximum absolute atomic E-state index is 12.3. The van der Waals surface area contributed by atoms with Crippen LogP contribution in [-0.4, -0.2) is 30.4 Å². The summed E-state index contributed by atoms with van der Waals surface area (Å²) in [5, 5.41) is 7.41. The molecule has 0 bridgehead atoms. The van der Waals surface area contributed by atoms with Crippen molar-refractivity contribution in [2.75, 3.05) is 29.9 Å². The minimum atomic E-state index is 0.0263. The van der Waals surface area contributed by atoms with E-state index in [-0.39, 0.29) is 10.8 Å². The van der Waals surface area contributed by atoms with Gasteiger partial charge in [-0.25, -0.2) is 4.98 Å². The van der Waals surface area contributed by atoms with Gasteiger partial charge in [-0.2, -0.15) is 0 Å². The van der Waals surface area contributed by atoms with Gasteiger partial charge in [0.05, 0.1) is 5.02 Å². The van der Waals surface area contributed by atoms with E-state index in [4.69, 9.17) is 16.6 Å². The molecule has 0 aliphatic rings. The highest BCUT2D eigenvalue weighted by atomic mass is 35.5. The highest BCUT2D eigenvalue weighted by Crippen LogP contribution is 2.28. The fraction of sp³-hybridized carbons (Fsp3) is 0.529. The van der Waals surface area contributed by atoms with Crippen LogP contribution in [0.2, 0.25) is 5.02 Å². The summed E-state index contributed by atoms with van der Waals surface area (Å²) in [7, 11) is 0. The van der Waals surface area contributed by atoms with Crippen LogP contribution in [0.1, 0.15) is 91.7 Å². The first-order valence-electron chi connectivity index (χ1n) is 14.6. The molecule has 0 aliphatic heterocycles. The SMILES string of the molecule is C=C(CC(C)(C)C)NCCc1ccc(NC(=C)c2cnc(N(CCC)CCCC(=O)CC(C)(C)C)c(Cl)c2)cc1. The molecule has 5 nitrogen and oxygen atoms in total. The molecular weight excluding hydrogens is 516 g/mol. The van der Waals surface area contributed by atoms with E-state index in [1.807, 2.05) is 12.3 Å². The van der Waals surface area contributed by atoms with Crippen molar-refractivity contribution in [1.29, 1.82) is 0 Å². The van der Waals surface area contributed by atoms with E-state index in [1.54, 1.807) is 0 Å². The van der Waals surface area contributed by atoms with Gasteiger partial charge in [-0.05, 0) is 60.3 Å². The van der Waals surface area contributed by atoms with Crippen LogP contribution < -0.4 is 15.5 Å². The highest BCUT2D eigenvalue weighted by Gasteiger charge is 2.17. The number of nitrogens with zero attached hydrogens (tertiary/aromatic N) is 2. The number of benzene rings is 1. The monoisotopic (exact) mass is 566 g/mol. The molecule has 1 aromatic carbocycles. The number of hydrogen-bond acceptors (Lipinski definition) is 5. The predicted molar refractivity (Wildman–Crippen MR) is 174 cm³/mol. The van der Waals surface area contributed by atoms with Gasteiger partial charge in [0.1, 0.15) is 11.6 Å². The number of ketones is 1. The zero-order valence-corrected chi connectivity index (χ0v) is 26.7. The Bertz CT molecular complexity index is 1130. The van der Waals surface area contributed by atoms with Gasteiger partial charge in [-0.15, -0.1) is 0 Å². The fourth-order valence-electron chi connectivity index (χ4n) is 4.66. The van der Waals surface area contributed by atoms with Crippen molar-refractivity contribution in [3.8, 4) is 0 Å². The Morgan fingerprint density at radius 3 is 2.23 bits per heavy atom. The van der Waals surface area contributed by atoms with Crippen LogP contribution in [0.5, 0.6) is 0 Å². The number of aromatic nitrogens is 1.